The highest BCUT2D eigenvalue weighted by Gasteiger charge is 2.53. The number of sulfone groups is 1. The number of carbonyl (C=O) groups excluding carboxylic acids is 1. The monoisotopic (exact) mass is 349 g/mol. The summed E-state index contributed by atoms with van der Waals surface area (Å²) in [6, 6.07) is 8.20. The summed E-state index contributed by atoms with van der Waals surface area (Å²) in [4.78, 5) is 14.7. The van der Waals surface area contributed by atoms with Crippen LogP contribution >= 0.6 is 0 Å². The van der Waals surface area contributed by atoms with Crippen LogP contribution in [0.3, 0.4) is 0 Å². The molecule has 24 heavy (non-hydrogen) atoms. The van der Waals surface area contributed by atoms with Crippen LogP contribution in [0.25, 0.3) is 0 Å². The van der Waals surface area contributed by atoms with Crippen molar-refractivity contribution in [3.63, 3.8) is 0 Å². The average molecular weight is 349 g/mol. The van der Waals surface area contributed by atoms with Crippen LogP contribution in [-0.2, 0) is 25.5 Å². The lowest BCUT2D eigenvalue weighted by Crippen LogP contribution is -2.43. The van der Waals surface area contributed by atoms with Crippen molar-refractivity contribution in [1.82, 2.24) is 4.90 Å². The van der Waals surface area contributed by atoms with E-state index in [0.29, 0.717) is 6.42 Å². The molecule has 3 rings (SSSR count). The molecular weight excluding hydrogens is 322 g/mol. The fraction of sp³-hybridized carbons (Fsp3) is 0.632. The van der Waals surface area contributed by atoms with Gasteiger partial charge in [0.15, 0.2) is 9.84 Å². The first kappa shape index (κ1) is 17.5. The standard InChI is InChI=1S/C19H27NO3S/c1-18(2,3)14-5-7-15(8-6-14)19(10-11-19)17(21)20(4)16-9-12-24(22,23)13-16/h5-8,16H,9-13H2,1-4H3/t16-/m1/s1. The van der Waals surface area contributed by atoms with Gasteiger partial charge in [0.1, 0.15) is 0 Å². The lowest BCUT2D eigenvalue weighted by molar-refractivity contribution is -0.134. The number of hydrogen-bond acceptors (Lipinski definition) is 3. The summed E-state index contributed by atoms with van der Waals surface area (Å²) in [5, 5.41) is 0. The van der Waals surface area contributed by atoms with Gasteiger partial charge in [0, 0.05) is 13.1 Å². The number of carbonyl (C=O) groups is 1. The largest absolute Gasteiger partial charge is 0.341 e. The van der Waals surface area contributed by atoms with E-state index in [1.54, 1.807) is 11.9 Å². The molecule has 2 fully saturated rings. The summed E-state index contributed by atoms with van der Waals surface area (Å²) in [5.41, 5.74) is 1.98. The zero-order chi connectivity index (χ0) is 17.8. The van der Waals surface area contributed by atoms with E-state index in [4.69, 9.17) is 0 Å². The lowest BCUT2D eigenvalue weighted by Gasteiger charge is -2.29. The van der Waals surface area contributed by atoms with Crippen molar-refractivity contribution in [3.8, 4) is 0 Å². The second-order valence-electron chi connectivity index (χ2n) is 8.38. The molecule has 1 aliphatic carbocycles. The van der Waals surface area contributed by atoms with Crippen LogP contribution in [0.2, 0.25) is 0 Å². The van der Waals surface area contributed by atoms with Crippen molar-refractivity contribution in [2.75, 3.05) is 18.6 Å². The van der Waals surface area contributed by atoms with Crippen molar-refractivity contribution in [3.05, 3.63) is 35.4 Å². The highest BCUT2D eigenvalue weighted by Crippen LogP contribution is 2.50. The van der Waals surface area contributed by atoms with Crippen molar-refractivity contribution in [1.29, 1.82) is 0 Å². The fourth-order valence-corrected chi connectivity index (χ4v) is 5.40. The Bertz CT molecular complexity index is 740. The summed E-state index contributed by atoms with van der Waals surface area (Å²) in [6.45, 7) is 6.52. The van der Waals surface area contributed by atoms with Gasteiger partial charge in [0.2, 0.25) is 5.91 Å². The molecule has 1 saturated carbocycles. The predicted octanol–water partition coefficient (Wildman–Crippen LogP) is 2.66. The summed E-state index contributed by atoms with van der Waals surface area (Å²) >= 11 is 0. The highest BCUT2D eigenvalue weighted by molar-refractivity contribution is 7.91. The highest BCUT2D eigenvalue weighted by atomic mass is 32.2. The SMILES string of the molecule is CN(C(=O)C1(c2ccc(C(C)(C)C)cc2)CC1)[C@@H]1CCS(=O)(=O)C1. The van der Waals surface area contributed by atoms with Gasteiger partial charge in [0.05, 0.1) is 16.9 Å². The quantitative estimate of drug-likeness (QED) is 0.843. The third kappa shape index (κ3) is 3.10. The average Bonchev–Trinajstić information content (AvgIpc) is 3.24. The molecule has 1 saturated heterocycles. The maximum Gasteiger partial charge on any atom is 0.233 e. The second-order valence-corrected chi connectivity index (χ2v) is 10.6. The molecule has 4 nitrogen and oxygen atoms in total. The zero-order valence-corrected chi connectivity index (χ0v) is 15.8. The molecule has 1 heterocycles. The van der Waals surface area contributed by atoms with Crippen LogP contribution in [0, 0.1) is 0 Å². The first-order chi connectivity index (χ1) is 11.1. The molecule has 0 radical (unpaired) electrons. The normalized spacial score (nSPS) is 24.6. The Morgan fingerprint density at radius 3 is 2.17 bits per heavy atom. The van der Waals surface area contributed by atoms with E-state index in [1.165, 1.54) is 5.56 Å². The Hall–Kier alpha value is -1.36. The molecule has 0 spiro atoms. The van der Waals surface area contributed by atoms with Crippen LogP contribution in [-0.4, -0.2) is 43.8 Å². The van der Waals surface area contributed by atoms with Gasteiger partial charge in [0.25, 0.3) is 0 Å². The summed E-state index contributed by atoms with van der Waals surface area (Å²) in [5.74, 6) is 0.379. The van der Waals surface area contributed by atoms with E-state index in [0.717, 1.165) is 18.4 Å². The number of benzene rings is 1. The molecule has 0 N–H and O–H groups in total. The smallest absolute Gasteiger partial charge is 0.233 e. The van der Waals surface area contributed by atoms with Gasteiger partial charge in [-0.15, -0.1) is 0 Å². The summed E-state index contributed by atoms with van der Waals surface area (Å²) in [6.07, 6.45) is 2.26. The Morgan fingerprint density at radius 1 is 1.17 bits per heavy atom. The van der Waals surface area contributed by atoms with Crippen LogP contribution in [0.4, 0.5) is 0 Å². The third-order valence-corrected chi connectivity index (χ3v) is 7.29. The van der Waals surface area contributed by atoms with Crippen LogP contribution in [0.1, 0.15) is 51.2 Å². The van der Waals surface area contributed by atoms with Gasteiger partial charge in [-0.25, -0.2) is 8.42 Å². The summed E-state index contributed by atoms with van der Waals surface area (Å²) in [7, 11) is -1.22. The molecule has 1 aromatic rings. The van der Waals surface area contributed by atoms with Crippen molar-refractivity contribution < 1.29 is 13.2 Å². The Balaban J connectivity index is 1.79. The Labute approximate surface area is 145 Å². The van der Waals surface area contributed by atoms with Crippen molar-refractivity contribution in [2.24, 2.45) is 0 Å². The maximum atomic E-state index is 13.0. The van der Waals surface area contributed by atoms with E-state index in [9.17, 15) is 13.2 Å². The fourth-order valence-electron chi connectivity index (χ4n) is 3.62. The van der Waals surface area contributed by atoms with Gasteiger partial charge < -0.3 is 4.90 Å². The zero-order valence-electron chi connectivity index (χ0n) is 15.0. The van der Waals surface area contributed by atoms with Crippen molar-refractivity contribution in [2.45, 2.75) is 56.9 Å². The molecule has 1 amide bonds. The number of hydrogen-bond donors (Lipinski definition) is 0. The number of amides is 1. The van der Waals surface area contributed by atoms with E-state index in [1.807, 2.05) is 0 Å². The number of rotatable bonds is 3. The Morgan fingerprint density at radius 2 is 1.75 bits per heavy atom. The second kappa shape index (κ2) is 5.58. The molecule has 1 aliphatic heterocycles. The topological polar surface area (TPSA) is 54.5 Å². The van der Waals surface area contributed by atoms with Gasteiger partial charge in [-0.05, 0) is 35.8 Å². The first-order valence-corrected chi connectivity index (χ1v) is 10.5. The molecule has 1 aromatic carbocycles. The first-order valence-electron chi connectivity index (χ1n) is 8.64. The lowest BCUT2D eigenvalue weighted by atomic mass is 9.84. The van der Waals surface area contributed by atoms with Gasteiger partial charge in [-0.2, -0.15) is 0 Å². The van der Waals surface area contributed by atoms with Gasteiger partial charge >= 0.3 is 0 Å². The maximum absolute atomic E-state index is 13.0. The van der Waals surface area contributed by atoms with E-state index < -0.39 is 15.3 Å². The van der Waals surface area contributed by atoms with Crippen LogP contribution in [0.15, 0.2) is 24.3 Å². The number of nitrogens with zero attached hydrogens (tertiary/aromatic N) is 1. The summed E-state index contributed by atoms with van der Waals surface area (Å²) < 4.78 is 23.4. The van der Waals surface area contributed by atoms with Gasteiger partial charge in [-0.1, -0.05) is 45.0 Å². The molecule has 5 heteroatoms. The molecule has 0 bridgehead atoms. The van der Waals surface area contributed by atoms with E-state index in [-0.39, 0.29) is 28.9 Å². The molecule has 1 atom stereocenters. The van der Waals surface area contributed by atoms with E-state index >= 15 is 0 Å². The predicted molar refractivity (Wildman–Crippen MR) is 95.9 cm³/mol. The minimum absolute atomic E-state index is 0.0770. The molecule has 132 valence electrons. The molecule has 0 aromatic heterocycles. The van der Waals surface area contributed by atoms with Crippen LogP contribution < -0.4 is 0 Å². The number of likely N-dealkylation sites (N-methyl/N-ethyl adjacent to an activating group) is 1. The van der Waals surface area contributed by atoms with Gasteiger partial charge in [-0.3, -0.25) is 4.79 Å². The van der Waals surface area contributed by atoms with E-state index in [2.05, 4.69) is 45.0 Å². The van der Waals surface area contributed by atoms with Crippen LogP contribution in [0.5, 0.6) is 0 Å². The molecule has 2 aliphatic rings. The Kier molecular flexibility index (Phi) is 4.06. The molecular formula is C19H27NO3S. The molecule has 0 unspecified atom stereocenters. The van der Waals surface area contributed by atoms with Crippen molar-refractivity contribution >= 4 is 15.7 Å². The minimum Gasteiger partial charge on any atom is -0.341 e. The minimum atomic E-state index is -2.98. The third-order valence-electron chi connectivity index (χ3n) is 5.54.